The highest BCUT2D eigenvalue weighted by molar-refractivity contribution is 5.99. The van der Waals surface area contributed by atoms with Gasteiger partial charge in [0.25, 0.3) is 5.91 Å². The summed E-state index contributed by atoms with van der Waals surface area (Å²) in [6, 6.07) is 11.5. The first-order valence-electron chi connectivity index (χ1n) is 10.6. The van der Waals surface area contributed by atoms with Gasteiger partial charge in [0.2, 0.25) is 11.6 Å². The molecule has 0 atom stereocenters. The highest BCUT2D eigenvalue weighted by Gasteiger charge is 2.32. The van der Waals surface area contributed by atoms with E-state index >= 15 is 0 Å². The van der Waals surface area contributed by atoms with Crippen molar-refractivity contribution in [2.24, 2.45) is 5.10 Å². The molecule has 2 heterocycles. The third kappa shape index (κ3) is 5.16. The zero-order valence-corrected chi connectivity index (χ0v) is 18.7. The molecule has 36 heavy (non-hydrogen) atoms. The number of halogens is 3. The number of carbonyl (C=O) groups is 1. The summed E-state index contributed by atoms with van der Waals surface area (Å²) in [5.41, 5.74) is 7.31. The van der Waals surface area contributed by atoms with Crippen LogP contribution in [0.1, 0.15) is 35.0 Å². The number of nitrogens with two attached hydrogens (primary N) is 1. The maximum absolute atomic E-state index is 13.2. The first-order chi connectivity index (χ1) is 17.3. The Hall–Kier alpha value is -4.75. The molecule has 11 nitrogen and oxygen atoms in total. The molecule has 0 bridgehead atoms. The topological polar surface area (TPSA) is 146 Å². The summed E-state index contributed by atoms with van der Waals surface area (Å²) < 4.78 is 51.0. The van der Waals surface area contributed by atoms with Crippen molar-refractivity contribution >= 4 is 17.9 Å². The van der Waals surface area contributed by atoms with Gasteiger partial charge in [0.1, 0.15) is 11.4 Å². The van der Waals surface area contributed by atoms with Gasteiger partial charge in [-0.1, -0.05) is 30.3 Å². The molecule has 1 amide bonds. The van der Waals surface area contributed by atoms with Gasteiger partial charge in [0, 0.05) is 11.1 Å². The average Bonchev–Trinajstić information content (AvgIpc) is 3.48. The minimum absolute atomic E-state index is 0.00883. The first-order valence-corrected chi connectivity index (χ1v) is 10.6. The summed E-state index contributed by atoms with van der Waals surface area (Å²) >= 11 is 0. The quantitative estimate of drug-likeness (QED) is 0.276. The van der Waals surface area contributed by atoms with Crippen molar-refractivity contribution in [3.05, 3.63) is 65.4 Å². The molecule has 2 aromatic carbocycles. The van der Waals surface area contributed by atoms with Crippen molar-refractivity contribution in [1.82, 2.24) is 30.7 Å². The lowest BCUT2D eigenvalue weighted by atomic mass is 10.1. The molecule has 0 aliphatic rings. The molecule has 0 saturated carbocycles. The molecular weight excluding hydrogens is 481 g/mol. The van der Waals surface area contributed by atoms with Crippen LogP contribution < -0.4 is 15.9 Å². The lowest BCUT2D eigenvalue weighted by Gasteiger charge is -2.09. The van der Waals surface area contributed by atoms with E-state index in [-0.39, 0.29) is 28.6 Å². The molecule has 186 valence electrons. The zero-order valence-electron chi connectivity index (χ0n) is 18.7. The molecular formula is C22H19F3N8O3. The molecule has 3 N–H and O–H groups in total. The van der Waals surface area contributed by atoms with Crippen molar-refractivity contribution in [3.8, 4) is 22.8 Å². The fourth-order valence-electron chi connectivity index (χ4n) is 3.19. The number of benzene rings is 2. The summed E-state index contributed by atoms with van der Waals surface area (Å²) in [4.78, 5) is 12.9. The van der Waals surface area contributed by atoms with E-state index in [1.807, 2.05) is 6.92 Å². The van der Waals surface area contributed by atoms with Crippen LogP contribution in [0.2, 0.25) is 0 Å². The van der Waals surface area contributed by atoms with Gasteiger partial charge >= 0.3 is 6.18 Å². The number of hydrazone groups is 1. The van der Waals surface area contributed by atoms with Crippen molar-refractivity contribution in [1.29, 1.82) is 0 Å². The number of alkyl halides is 3. The molecule has 4 rings (SSSR count). The summed E-state index contributed by atoms with van der Waals surface area (Å²) in [6.45, 7) is 2.51. The number of rotatable bonds is 8. The summed E-state index contributed by atoms with van der Waals surface area (Å²) in [7, 11) is 0. The van der Waals surface area contributed by atoms with E-state index in [2.05, 4.69) is 35.8 Å². The van der Waals surface area contributed by atoms with Gasteiger partial charge in [0.05, 0.1) is 18.4 Å². The largest absolute Gasteiger partial charge is 0.494 e. The lowest BCUT2D eigenvalue weighted by Crippen LogP contribution is -2.20. The second kappa shape index (κ2) is 10.2. The summed E-state index contributed by atoms with van der Waals surface area (Å²) in [5.74, 6) is -0.331. The van der Waals surface area contributed by atoms with Crippen LogP contribution in [0.3, 0.4) is 0 Å². The molecule has 2 aromatic heterocycles. The van der Waals surface area contributed by atoms with Crippen LogP contribution in [0.15, 0.2) is 58.3 Å². The number of amides is 1. The normalized spacial score (nSPS) is 11.7. The fourth-order valence-corrected chi connectivity index (χ4v) is 3.19. The SMILES string of the molecule is CCCOc1ccc(-c2c(C(=O)N/N=C\c3ccccc3C(F)(F)F)nnn2-c2nonc2N)cc1. The Morgan fingerprint density at radius 2 is 1.94 bits per heavy atom. The van der Waals surface area contributed by atoms with Gasteiger partial charge in [-0.3, -0.25) is 4.79 Å². The minimum atomic E-state index is -4.58. The van der Waals surface area contributed by atoms with Crippen molar-refractivity contribution in [2.75, 3.05) is 12.3 Å². The van der Waals surface area contributed by atoms with E-state index in [0.29, 0.717) is 17.9 Å². The Morgan fingerprint density at radius 3 is 2.61 bits per heavy atom. The minimum Gasteiger partial charge on any atom is -0.494 e. The Bertz CT molecular complexity index is 1380. The van der Waals surface area contributed by atoms with Gasteiger partial charge in [-0.05, 0) is 47.1 Å². The van der Waals surface area contributed by atoms with Crippen molar-refractivity contribution in [2.45, 2.75) is 19.5 Å². The van der Waals surface area contributed by atoms with Crippen LogP contribution in [0.5, 0.6) is 5.75 Å². The number of nitrogens with one attached hydrogen (secondary N) is 1. The van der Waals surface area contributed by atoms with Crippen LogP contribution in [0.25, 0.3) is 17.1 Å². The van der Waals surface area contributed by atoms with Gasteiger partial charge < -0.3 is 10.5 Å². The monoisotopic (exact) mass is 500 g/mol. The number of nitrogen functional groups attached to an aromatic ring is 1. The van der Waals surface area contributed by atoms with Crippen LogP contribution in [-0.4, -0.2) is 44.0 Å². The van der Waals surface area contributed by atoms with Crippen LogP contribution in [-0.2, 0) is 6.18 Å². The molecule has 0 radical (unpaired) electrons. The number of carbonyl (C=O) groups excluding carboxylic acids is 1. The molecule has 0 saturated heterocycles. The van der Waals surface area contributed by atoms with Gasteiger partial charge in [0.15, 0.2) is 5.69 Å². The average molecular weight is 500 g/mol. The maximum Gasteiger partial charge on any atom is 0.417 e. The predicted octanol–water partition coefficient (Wildman–Crippen LogP) is 3.47. The van der Waals surface area contributed by atoms with Gasteiger partial charge in [-0.15, -0.1) is 5.10 Å². The second-order valence-corrected chi connectivity index (χ2v) is 7.33. The molecule has 0 aliphatic heterocycles. The third-order valence-electron chi connectivity index (χ3n) is 4.82. The van der Waals surface area contributed by atoms with E-state index < -0.39 is 17.6 Å². The highest BCUT2D eigenvalue weighted by atomic mass is 19.4. The van der Waals surface area contributed by atoms with E-state index in [9.17, 15) is 18.0 Å². The molecule has 0 aliphatic carbocycles. The fraction of sp³-hybridized carbons (Fsp3) is 0.182. The number of nitrogens with zero attached hydrogens (tertiary/aromatic N) is 6. The number of hydrogen-bond donors (Lipinski definition) is 2. The van der Waals surface area contributed by atoms with Crippen LogP contribution in [0, 0.1) is 0 Å². The van der Waals surface area contributed by atoms with E-state index in [0.717, 1.165) is 23.4 Å². The summed E-state index contributed by atoms with van der Waals surface area (Å²) in [5, 5.41) is 18.7. The smallest absolute Gasteiger partial charge is 0.417 e. The number of anilines is 1. The maximum atomic E-state index is 13.2. The molecule has 0 fully saturated rings. The third-order valence-corrected chi connectivity index (χ3v) is 4.82. The lowest BCUT2D eigenvalue weighted by molar-refractivity contribution is -0.137. The molecule has 14 heteroatoms. The Morgan fingerprint density at radius 1 is 1.19 bits per heavy atom. The Balaban J connectivity index is 1.66. The Kier molecular flexibility index (Phi) is 6.94. The molecule has 0 spiro atoms. The number of hydrogen-bond acceptors (Lipinski definition) is 9. The molecule has 4 aromatic rings. The van der Waals surface area contributed by atoms with Gasteiger partial charge in [-0.25, -0.2) is 10.1 Å². The zero-order chi connectivity index (χ0) is 25.7. The molecule has 0 unspecified atom stereocenters. The van der Waals surface area contributed by atoms with Crippen LogP contribution in [0.4, 0.5) is 19.0 Å². The van der Waals surface area contributed by atoms with Crippen molar-refractivity contribution in [3.63, 3.8) is 0 Å². The predicted molar refractivity (Wildman–Crippen MR) is 121 cm³/mol. The number of ether oxygens (including phenoxy) is 1. The standard InChI is InChI=1S/C22H19F3N8O3/c1-2-11-35-15-9-7-13(8-10-15)18-17(28-32-33(18)20-19(26)30-36-31-20)21(34)29-27-12-14-5-3-4-6-16(14)22(23,24)25/h3-10,12H,2,11H2,1H3,(H2,26,30)(H,29,34)/b27-12-. The number of aromatic nitrogens is 5. The van der Waals surface area contributed by atoms with Crippen LogP contribution >= 0.6 is 0 Å². The van der Waals surface area contributed by atoms with Gasteiger partial charge in [-0.2, -0.15) is 23.0 Å². The van der Waals surface area contributed by atoms with E-state index in [1.54, 1.807) is 24.3 Å². The van der Waals surface area contributed by atoms with E-state index in [1.165, 1.54) is 18.2 Å². The Labute approximate surface area is 201 Å². The van der Waals surface area contributed by atoms with Crippen molar-refractivity contribution < 1.29 is 27.3 Å². The van der Waals surface area contributed by atoms with E-state index in [4.69, 9.17) is 10.5 Å². The summed E-state index contributed by atoms with van der Waals surface area (Å²) in [6.07, 6.45) is -2.86. The second-order valence-electron chi connectivity index (χ2n) is 7.33. The highest BCUT2D eigenvalue weighted by Crippen LogP contribution is 2.31. The first kappa shape index (κ1) is 24.4.